The molecule has 0 spiro atoms. The third-order valence-corrected chi connectivity index (χ3v) is 3.71. The Morgan fingerprint density at radius 2 is 1.86 bits per heavy atom. The lowest BCUT2D eigenvalue weighted by molar-refractivity contribution is 0.559. The van der Waals surface area contributed by atoms with Crippen molar-refractivity contribution in [3.63, 3.8) is 0 Å². The fourth-order valence-electron chi connectivity index (χ4n) is 2.40. The van der Waals surface area contributed by atoms with Crippen molar-refractivity contribution in [3.8, 4) is 11.3 Å². The number of rotatable bonds is 7. The van der Waals surface area contributed by atoms with Crippen LogP contribution < -0.4 is 10.9 Å². The summed E-state index contributed by atoms with van der Waals surface area (Å²) in [7, 11) is 0. The van der Waals surface area contributed by atoms with Gasteiger partial charge in [-0.05, 0) is 31.0 Å². The Bertz CT molecular complexity index is 659. The van der Waals surface area contributed by atoms with Gasteiger partial charge in [-0.15, -0.1) is 0 Å². The second-order valence-electron chi connectivity index (χ2n) is 5.41. The molecule has 4 heteroatoms. The topological polar surface area (TPSA) is 46.9 Å². The molecule has 1 heterocycles. The summed E-state index contributed by atoms with van der Waals surface area (Å²) in [6.07, 6.45) is 1.92. The van der Waals surface area contributed by atoms with Gasteiger partial charge < -0.3 is 5.32 Å². The van der Waals surface area contributed by atoms with Crippen LogP contribution in [0.25, 0.3) is 11.3 Å². The van der Waals surface area contributed by atoms with Crippen LogP contribution in [0.15, 0.2) is 35.1 Å². The number of nitrogens with one attached hydrogen (secondary N) is 1. The van der Waals surface area contributed by atoms with E-state index in [0.29, 0.717) is 13.1 Å². The first-order chi connectivity index (χ1) is 10.7. The maximum Gasteiger partial charge on any atom is 0.271 e. The van der Waals surface area contributed by atoms with Gasteiger partial charge in [-0.1, -0.05) is 45.0 Å². The molecule has 0 radical (unpaired) electrons. The minimum atomic E-state index is 0.0109. The lowest BCUT2D eigenvalue weighted by Crippen LogP contribution is -2.29. The highest BCUT2D eigenvalue weighted by atomic mass is 16.1. The Morgan fingerprint density at radius 1 is 1.14 bits per heavy atom. The standard InChI is InChI=1S/C18H25N3O/c1-4-11-21-18(22)16(13-19-6-3)12-17(20-21)15-9-7-14(5-2)8-10-15/h7-10,12,19H,4-6,11,13H2,1-3H3. The van der Waals surface area contributed by atoms with Gasteiger partial charge in [0.1, 0.15) is 0 Å². The fourth-order valence-corrected chi connectivity index (χ4v) is 2.40. The Morgan fingerprint density at radius 3 is 2.45 bits per heavy atom. The van der Waals surface area contributed by atoms with Gasteiger partial charge in [-0.2, -0.15) is 5.10 Å². The van der Waals surface area contributed by atoms with Gasteiger partial charge >= 0.3 is 0 Å². The van der Waals surface area contributed by atoms with E-state index in [1.807, 2.05) is 13.0 Å². The predicted octanol–water partition coefficient (Wildman–Crippen LogP) is 2.99. The first kappa shape index (κ1) is 16.4. The lowest BCUT2D eigenvalue weighted by atomic mass is 10.1. The smallest absolute Gasteiger partial charge is 0.271 e. The van der Waals surface area contributed by atoms with E-state index in [1.165, 1.54) is 5.56 Å². The van der Waals surface area contributed by atoms with Gasteiger partial charge in [0, 0.05) is 24.2 Å². The second-order valence-corrected chi connectivity index (χ2v) is 5.41. The number of nitrogens with zero attached hydrogens (tertiary/aromatic N) is 2. The van der Waals surface area contributed by atoms with Crippen LogP contribution in [-0.4, -0.2) is 16.3 Å². The molecule has 4 nitrogen and oxygen atoms in total. The molecular formula is C18H25N3O. The van der Waals surface area contributed by atoms with E-state index in [2.05, 4.69) is 48.5 Å². The van der Waals surface area contributed by atoms with Crippen LogP contribution in [0, 0.1) is 0 Å². The fraction of sp³-hybridized carbons (Fsp3) is 0.444. The Labute approximate surface area is 132 Å². The molecule has 118 valence electrons. The highest BCUT2D eigenvalue weighted by Gasteiger charge is 2.09. The van der Waals surface area contributed by atoms with Crippen LogP contribution in [-0.2, 0) is 19.5 Å². The number of benzene rings is 1. The Balaban J connectivity index is 2.44. The molecular weight excluding hydrogens is 274 g/mol. The number of hydrogen-bond acceptors (Lipinski definition) is 3. The van der Waals surface area contributed by atoms with Gasteiger partial charge in [0.25, 0.3) is 5.56 Å². The average Bonchev–Trinajstić information content (AvgIpc) is 2.56. The van der Waals surface area contributed by atoms with Crippen LogP contribution in [0.1, 0.15) is 38.3 Å². The third-order valence-electron chi connectivity index (χ3n) is 3.71. The van der Waals surface area contributed by atoms with E-state index in [4.69, 9.17) is 0 Å². The molecule has 0 aliphatic carbocycles. The zero-order valence-corrected chi connectivity index (χ0v) is 13.7. The van der Waals surface area contributed by atoms with Crippen molar-refractivity contribution in [3.05, 3.63) is 51.8 Å². The summed E-state index contributed by atoms with van der Waals surface area (Å²) in [5, 5.41) is 7.76. The number of aromatic nitrogens is 2. The molecule has 2 rings (SSSR count). The monoisotopic (exact) mass is 299 g/mol. The SMILES string of the molecule is CCCn1nc(-c2ccc(CC)cc2)cc(CNCC)c1=O. The van der Waals surface area contributed by atoms with Gasteiger partial charge in [0.15, 0.2) is 0 Å². The molecule has 0 aliphatic rings. The van der Waals surface area contributed by atoms with Crippen LogP contribution in [0.2, 0.25) is 0 Å². The summed E-state index contributed by atoms with van der Waals surface area (Å²) in [5.41, 5.74) is 4.01. The molecule has 1 aromatic carbocycles. The van der Waals surface area contributed by atoms with E-state index in [1.54, 1.807) is 4.68 Å². The summed E-state index contributed by atoms with van der Waals surface area (Å²) in [6.45, 7) is 8.32. The van der Waals surface area contributed by atoms with Crippen molar-refractivity contribution in [2.45, 2.75) is 46.7 Å². The van der Waals surface area contributed by atoms with Crippen LogP contribution in [0.5, 0.6) is 0 Å². The number of aryl methyl sites for hydroxylation is 2. The van der Waals surface area contributed by atoms with Crippen molar-refractivity contribution in [2.24, 2.45) is 0 Å². The van der Waals surface area contributed by atoms with Crippen molar-refractivity contribution in [2.75, 3.05) is 6.54 Å². The van der Waals surface area contributed by atoms with Crippen LogP contribution in [0.4, 0.5) is 0 Å². The molecule has 0 saturated heterocycles. The van der Waals surface area contributed by atoms with Gasteiger partial charge in [-0.3, -0.25) is 4.79 Å². The van der Waals surface area contributed by atoms with Crippen LogP contribution in [0.3, 0.4) is 0 Å². The third kappa shape index (κ3) is 3.83. The molecule has 0 saturated carbocycles. The van der Waals surface area contributed by atoms with Gasteiger partial charge in [0.2, 0.25) is 0 Å². The van der Waals surface area contributed by atoms with Gasteiger partial charge in [-0.25, -0.2) is 4.68 Å². The normalized spacial score (nSPS) is 10.9. The largest absolute Gasteiger partial charge is 0.313 e. The van der Waals surface area contributed by atoms with Crippen molar-refractivity contribution < 1.29 is 0 Å². The molecule has 0 atom stereocenters. The molecule has 1 N–H and O–H groups in total. The summed E-state index contributed by atoms with van der Waals surface area (Å²) >= 11 is 0. The molecule has 2 aromatic rings. The second kappa shape index (κ2) is 7.90. The Hall–Kier alpha value is -1.94. The molecule has 1 aromatic heterocycles. The maximum absolute atomic E-state index is 12.4. The van der Waals surface area contributed by atoms with E-state index < -0.39 is 0 Å². The molecule has 0 unspecified atom stereocenters. The van der Waals surface area contributed by atoms with E-state index in [0.717, 1.165) is 36.2 Å². The first-order valence-corrected chi connectivity index (χ1v) is 8.10. The van der Waals surface area contributed by atoms with Crippen molar-refractivity contribution >= 4 is 0 Å². The number of hydrogen-bond donors (Lipinski definition) is 1. The molecule has 0 amide bonds. The predicted molar refractivity (Wildman–Crippen MR) is 91.0 cm³/mol. The van der Waals surface area contributed by atoms with E-state index in [9.17, 15) is 4.79 Å². The summed E-state index contributed by atoms with van der Waals surface area (Å²) in [5.74, 6) is 0. The van der Waals surface area contributed by atoms with Gasteiger partial charge in [0.05, 0.1) is 5.69 Å². The molecule has 22 heavy (non-hydrogen) atoms. The minimum Gasteiger partial charge on any atom is -0.313 e. The Kier molecular flexibility index (Phi) is 5.90. The average molecular weight is 299 g/mol. The van der Waals surface area contributed by atoms with Crippen LogP contribution >= 0.6 is 0 Å². The molecule has 0 aliphatic heterocycles. The maximum atomic E-state index is 12.4. The molecule has 0 fully saturated rings. The molecule has 0 bridgehead atoms. The minimum absolute atomic E-state index is 0.0109. The summed E-state index contributed by atoms with van der Waals surface area (Å²) < 4.78 is 1.59. The zero-order valence-electron chi connectivity index (χ0n) is 13.7. The summed E-state index contributed by atoms with van der Waals surface area (Å²) in [6, 6.07) is 10.3. The zero-order chi connectivity index (χ0) is 15.9. The van der Waals surface area contributed by atoms with E-state index >= 15 is 0 Å². The van der Waals surface area contributed by atoms with Crippen molar-refractivity contribution in [1.29, 1.82) is 0 Å². The highest BCUT2D eigenvalue weighted by molar-refractivity contribution is 5.59. The highest BCUT2D eigenvalue weighted by Crippen LogP contribution is 2.18. The summed E-state index contributed by atoms with van der Waals surface area (Å²) in [4.78, 5) is 12.4. The first-order valence-electron chi connectivity index (χ1n) is 8.10. The van der Waals surface area contributed by atoms with E-state index in [-0.39, 0.29) is 5.56 Å². The quantitative estimate of drug-likeness (QED) is 0.855. The lowest BCUT2D eigenvalue weighted by Gasteiger charge is -2.11. The van der Waals surface area contributed by atoms with Crippen molar-refractivity contribution in [1.82, 2.24) is 15.1 Å².